The molecule has 1 aromatic carbocycles. The molecule has 22 heavy (non-hydrogen) atoms. The van der Waals surface area contributed by atoms with Crippen LogP contribution < -0.4 is 10.1 Å². The Bertz CT molecular complexity index is 587. The van der Waals surface area contributed by atoms with Crippen molar-refractivity contribution in [2.75, 3.05) is 25.0 Å². The largest absolute Gasteiger partial charge is 0.489 e. The molecule has 118 valence electrons. The van der Waals surface area contributed by atoms with Crippen LogP contribution in [0.25, 0.3) is 0 Å². The molecule has 2 N–H and O–H groups in total. The summed E-state index contributed by atoms with van der Waals surface area (Å²) < 4.78 is 5.41. The normalized spacial score (nSPS) is 20.5. The van der Waals surface area contributed by atoms with Crippen LogP contribution in [-0.2, 0) is 4.79 Å². The van der Waals surface area contributed by atoms with Crippen LogP contribution in [0.5, 0.6) is 5.75 Å². The molecule has 0 spiro atoms. The number of benzene rings is 1. The Morgan fingerprint density at radius 3 is 2.95 bits per heavy atom. The minimum absolute atomic E-state index is 0.209. The number of nitrogens with one attached hydrogen (secondary N) is 1. The molecule has 0 aliphatic carbocycles. The van der Waals surface area contributed by atoms with E-state index in [1.54, 1.807) is 37.3 Å². The maximum absolute atomic E-state index is 12.2. The van der Waals surface area contributed by atoms with Gasteiger partial charge >= 0.3 is 12.0 Å². The Morgan fingerprint density at radius 2 is 2.32 bits per heavy atom. The lowest BCUT2D eigenvalue weighted by Crippen LogP contribution is -2.37. The van der Waals surface area contributed by atoms with Crippen LogP contribution in [0.4, 0.5) is 10.5 Å². The number of urea groups is 1. The number of amides is 2. The number of hydrogen-bond donors (Lipinski definition) is 2. The highest BCUT2D eigenvalue weighted by Crippen LogP contribution is 2.30. The molecule has 1 aromatic rings. The molecular weight excluding hydrogens is 284 g/mol. The predicted molar refractivity (Wildman–Crippen MR) is 83.1 cm³/mol. The number of ether oxygens (including phenoxy) is 1. The third-order valence-corrected chi connectivity index (χ3v) is 3.73. The SMILES string of the molecule is C=CCOc1cccc(NC(=O)N2CCC(C)(C(=O)O)C2)c1. The van der Waals surface area contributed by atoms with Crippen LogP contribution in [0, 0.1) is 5.41 Å². The molecule has 2 rings (SSSR count). The highest BCUT2D eigenvalue weighted by atomic mass is 16.5. The van der Waals surface area contributed by atoms with Crippen molar-refractivity contribution in [1.82, 2.24) is 4.90 Å². The Kier molecular flexibility index (Phi) is 4.70. The molecule has 1 fully saturated rings. The topological polar surface area (TPSA) is 78.9 Å². The second-order valence-electron chi connectivity index (χ2n) is 5.60. The van der Waals surface area contributed by atoms with Crippen molar-refractivity contribution < 1.29 is 19.4 Å². The first-order valence-electron chi connectivity index (χ1n) is 7.08. The molecule has 1 saturated heterocycles. The average Bonchev–Trinajstić information content (AvgIpc) is 2.90. The van der Waals surface area contributed by atoms with Crippen molar-refractivity contribution >= 4 is 17.7 Å². The van der Waals surface area contributed by atoms with E-state index in [4.69, 9.17) is 4.74 Å². The van der Waals surface area contributed by atoms with Gasteiger partial charge in [-0.1, -0.05) is 18.7 Å². The van der Waals surface area contributed by atoms with E-state index in [-0.39, 0.29) is 12.6 Å². The zero-order valence-electron chi connectivity index (χ0n) is 12.5. The van der Waals surface area contributed by atoms with Gasteiger partial charge in [0, 0.05) is 24.8 Å². The van der Waals surface area contributed by atoms with Gasteiger partial charge in [-0.25, -0.2) is 4.79 Å². The van der Waals surface area contributed by atoms with Gasteiger partial charge in [0.25, 0.3) is 0 Å². The molecular formula is C16H20N2O4. The summed E-state index contributed by atoms with van der Waals surface area (Å²) in [4.78, 5) is 24.9. The number of carboxylic acids is 1. The van der Waals surface area contributed by atoms with Crippen LogP contribution in [0.15, 0.2) is 36.9 Å². The van der Waals surface area contributed by atoms with Gasteiger partial charge in [-0.05, 0) is 25.5 Å². The summed E-state index contributed by atoms with van der Waals surface area (Å²) in [6, 6.07) is 6.74. The van der Waals surface area contributed by atoms with Gasteiger partial charge in [0.05, 0.1) is 5.41 Å². The standard InChI is InChI=1S/C16H20N2O4/c1-3-9-22-13-6-4-5-12(10-13)17-15(21)18-8-7-16(2,11-18)14(19)20/h3-6,10H,1,7-9,11H2,2H3,(H,17,21)(H,19,20). The van der Waals surface area contributed by atoms with Crippen molar-refractivity contribution in [3.8, 4) is 5.75 Å². The van der Waals surface area contributed by atoms with Crippen LogP contribution in [-0.4, -0.2) is 41.7 Å². The number of carboxylic acid groups (broad SMARTS) is 1. The minimum atomic E-state index is -0.873. The average molecular weight is 304 g/mol. The van der Waals surface area contributed by atoms with Crippen molar-refractivity contribution in [3.63, 3.8) is 0 Å². The molecule has 6 heteroatoms. The lowest BCUT2D eigenvalue weighted by Gasteiger charge is -2.20. The number of carbonyl (C=O) groups is 2. The predicted octanol–water partition coefficient (Wildman–Crippen LogP) is 2.58. The van der Waals surface area contributed by atoms with Crippen LogP contribution in [0.2, 0.25) is 0 Å². The molecule has 1 atom stereocenters. The van der Waals surface area contributed by atoms with Crippen LogP contribution >= 0.6 is 0 Å². The van der Waals surface area contributed by atoms with Crippen molar-refractivity contribution in [1.29, 1.82) is 0 Å². The summed E-state index contributed by atoms with van der Waals surface area (Å²) in [5, 5.41) is 12.0. The van der Waals surface area contributed by atoms with Crippen molar-refractivity contribution in [2.24, 2.45) is 5.41 Å². The van der Waals surface area contributed by atoms with Gasteiger partial charge in [-0.3, -0.25) is 4.79 Å². The van der Waals surface area contributed by atoms with Gasteiger partial charge in [-0.2, -0.15) is 0 Å². The molecule has 0 bridgehead atoms. The third kappa shape index (κ3) is 3.58. The molecule has 0 aromatic heterocycles. The molecule has 1 aliphatic rings. The number of aliphatic carboxylic acids is 1. The molecule has 0 saturated carbocycles. The van der Waals surface area contributed by atoms with Gasteiger partial charge in [0.1, 0.15) is 12.4 Å². The summed E-state index contributed by atoms with van der Waals surface area (Å²) in [5.74, 6) is -0.239. The first-order chi connectivity index (χ1) is 10.4. The zero-order valence-corrected chi connectivity index (χ0v) is 12.5. The molecule has 1 unspecified atom stereocenters. The Labute approximate surface area is 129 Å². The summed E-state index contributed by atoms with van der Waals surface area (Å²) in [5.41, 5.74) is -0.262. The fraction of sp³-hybridized carbons (Fsp3) is 0.375. The Hall–Kier alpha value is -2.50. The summed E-state index contributed by atoms with van der Waals surface area (Å²) in [7, 11) is 0. The van der Waals surface area contributed by atoms with Crippen LogP contribution in [0.3, 0.4) is 0 Å². The Morgan fingerprint density at radius 1 is 1.55 bits per heavy atom. The first-order valence-corrected chi connectivity index (χ1v) is 7.08. The lowest BCUT2D eigenvalue weighted by atomic mass is 9.90. The van der Waals surface area contributed by atoms with E-state index in [1.165, 1.54) is 4.90 Å². The second-order valence-corrected chi connectivity index (χ2v) is 5.60. The first kappa shape index (κ1) is 15.9. The Balaban J connectivity index is 1.98. The summed E-state index contributed by atoms with van der Waals surface area (Å²) in [6.07, 6.45) is 2.10. The fourth-order valence-electron chi connectivity index (χ4n) is 2.33. The molecule has 2 amide bonds. The molecule has 1 heterocycles. The van der Waals surface area contributed by atoms with E-state index in [0.717, 1.165) is 0 Å². The summed E-state index contributed by atoms with van der Waals surface area (Å²) >= 11 is 0. The van der Waals surface area contributed by atoms with Crippen molar-refractivity contribution in [3.05, 3.63) is 36.9 Å². The number of rotatable bonds is 5. The third-order valence-electron chi connectivity index (χ3n) is 3.73. The maximum Gasteiger partial charge on any atom is 0.321 e. The highest BCUT2D eigenvalue weighted by molar-refractivity contribution is 5.90. The number of nitrogens with zero attached hydrogens (tertiary/aromatic N) is 1. The fourth-order valence-corrected chi connectivity index (χ4v) is 2.33. The van der Waals surface area contributed by atoms with Gasteiger partial charge < -0.3 is 20.1 Å². The monoisotopic (exact) mass is 304 g/mol. The van der Waals surface area contributed by atoms with E-state index in [2.05, 4.69) is 11.9 Å². The van der Waals surface area contributed by atoms with Gasteiger partial charge in [0.15, 0.2) is 0 Å². The van der Waals surface area contributed by atoms with Crippen LogP contribution in [0.1, 0.15) is 13.3 Å². The summed E-state index contributed by atoms with van der Waals surface area (Å²) in [6.45, 7) is 6.27. The molecule has 0 radical (unpaired) electrons. The maximum atomic E-state index is 12.2. The zero-order chi connectivity index (χ0) is 16.2. The number of hydrogen-bond acceptors (Lipinski definition) is 3. The van der Waals surface area contributed by atoms with E-state index in [1.807, 2.05) is 0 Å². The molecule has 6 nitrogen and oxygen atoms in total. The second kappa shape index (κ2) is 6.51. The van der Waals surface area contributed by atoms with E-state index < -0.39 is 11.4 Å². The molecule has 1 aliphatic heterocycles. The smallest absolute Gasteiger partial charge is 0.321 e. The van der Waals surface area contributed by atoms with E-state index in [0.29, 0.717) is 31.0 Å². The number of anilines is 1. The number of carbonyl (C=O) groups excluding carboxylic acids is 1. The van der Waals surface area contributed by atoms with Gasteiger partial charge in [0.2, 0.25) is 0 Å². The van der Waals surface area contributed by atoms with E-state index >= 15 is 0 Å². The minimum Gasteiger partial charge on any atom is -0.489 e. The quantitative estimate of drug-likeness (QED) is 0.820. The highest BCUT2D eigenvalue weighted by Gasteiger charge is 2.42. The van der Waals surface area contributed by atoms with E-state index in [9.17, 15) is 14.7 Å². The number of likely N-dealkylation sites (tertiary alicyclic amines) is 1. The van der Waals surface area contributed by atoms with Crippen molar-refractivity contribution in [2.45, 2.75) is 13.3 Å². The lowest BCUT2D eigenvalue weighted by molar-refractivity contribution is -0.146. The van der Waals surface area contributed by atoms with Gasteiger partial charge in [-0.15, -0.1) is 0 Å².